The summed E-state index contributed by atoms with van der Waals surface area (Å²) in [6.07, 6.45) is 0.419. The van der Waals surface area contributed by atoms with Crippen LogP contribution in [0.25, 0.3) is 0 Å². The lowest BCUT2D eigenvalue weighted by Crippen LogP contribution is -2.20. The number of benzene rings is 1. The molecule has 9 heteroatoms. The second-order valence-corrected chi connectivity index (χ2v) is 9.32. The fourth-order valence-electron chi connectivity index (χ4n) is 2.44. The summed E-state index contributed by atoms with van der Waals surface area (Å²) in [4.78, 5) is 24.3. The quantitative estimate of drug-likeness (QED) is 0.716. The van der Waals surface area contributed by atoms with E-state index < -0.39 is 21.7 Å². The number of carbonyl (C=O) groups excluding carboxylic acids is 2. The van der Waals surface area contributed by atoms with Crippen LogP contribution in [0.2, 0.25) is 0 Å². The predicted molar refractivity (Wildman–Crippen MR) is 97.5 cm³/mol. The highest BCUT2D eigenvalue weighted by Crippen LogP contribution is 2.25. The molecule has 1 amide bonds. The van der Waals surface area contributed by atoms with Gasteiger partial charge in [-0.05, 0) is 58.1 Å². The molecule has 2 aromatic rings. The molecule has 132 valence electrons. The predicted octanol–water partition coefficient (Wildman–Crippen LogP) is 3.10. The molecule has 0 saturated carbocycles. The maximum Gasteiger partial charge on any atom is 0.310 e. The Balaban J connectivity index is 1.70. The molecule has 0 spiro atoms. The number of rotatable bonds is 5. The smallest absolute Gasteiger partial charge is 0.310 e. The summed E-state index contributed by atoms with van der Waals surface area (Å²) >= 11 is 4.60. The number of ether oxygens (including phenoxy) is 1. The Kier molecular flexibility index (Phi) is 5.26. The van der Waals surface area contributed by atoms with Crippen molar-refractivity contribution in [3.8, 4) is 0 Å². The van der Waals surface area contributed by atoms with Crippen molar-refractivity contribution in [3.05, 3.63) is 45.1 Å². The van der Waals surface area contributed by atoms with E-state index in [0.29, 0.717) is 21.5 Å². The van der Waals surface area contributed by atoms with Crippen molar-refractivity contribution in [2.45, 2.75) is 11.3 Å². The highest BCUT2D eigenvalue weighted by molar-refractivity contribution is 9.10. The summed E-state index contributed by atoms with van der Waals surface area (Å²) in [5.41, 5.74) is 0.490. The van der Waals surface area contributed by atoms with Crippen molar-refractivity contribution in [3.63, 3.8) is 0 Å². The van der Waals surface area contributed by atoms with E-state index in [-0.39, 0.29) is 23.2 Å². The van der Waals surface area contributed by atoms with Crippen LogP contribution in [0.1, 0.15) is 16.1 Å². The van der Waals surface area contributed by atoms with Crippen LogP contribution >= 0.6 is 27.3 Å². The average molecular weight is 444 g/mol. The van der Waals surface area contributed by atoms with Gasteiger partial charge in [0.1, 0.15) is 4.88 Å². The van der Waals surface area contributed by atoms with E-state index in [1.165, 1.54) is 35.6 Å². The Morgan fingerprint density at radius 1 is 1.28 bits per heavy atom. The van der Waals surface area contributed by atoms with Gasteiger partial charge in [0, 0.05) is 10.2 Å². The van der Waals surface area contributed by atoms with Gasteiger partial charge in [-0.15, -0.1) is 11.3 Å². The third-order valence-corrected chi connectivity index (χ3v) is 7.43. The molecule has 1 aromatic carbocycles. The van der Waals surface area contributed by atoms with Crippen molar-refractivity contribution >= 4 is 54.7 Å². The normalized spacial score (nSPS) is 17.3. The molecule has 0 bridgehead atoms. The lowest BCUT2D eigenvalue weighted by molar-refractivity contribution is -0.140. The van der Waals surface area contributed by atoms with Crippen molar-refractivity contribution in [1.82, 2.24) is 0 Å². The van der Waals surface area contributed by atoms with E-state index in [2.05, 4.69) is 21.2 Å². The van der Waals surface area contributed by atoms with Gasteiger partial charge < -0.3 is 10.1 Å². The first-order valence-corrected chi connectivity index (χ1v) is 10.7. The molecule has 1 aliphatic heterocycles. The van der Waals surface area contributed by atoms with Gasteiger partial charge in [0.15, 0.2) is 9.84 Å². The summed E-state index contributed by atoms with van der Waals surface area (Å²) < 4.78 is 30.3. The van der Waals surface area contributed by atoms with Crippen LogP contribution in [0.15, 0.2) is 45.1 Å². The van der Waals surface area contributed by atoms with Gasteiger partial charge in [-0.25, -0.2) is 8.42 Å². The van der Waals surface area contributed by atoms with E-state index >= 15 is 0 Å². The minimum atomic E-state index is -3.59. The summed E-state index contributed by atoms with van der Waals surface area (Å²) in [5, 5.41) is 4.51. The molecule has 6 nitrogen and oxygen atoms in total. The average Bonchev–Trinajstić information content (AvgIpc) is 3.16. The molecule has 1 N–H and O–H groups in total. The highest BCUT2D eigenvalue weighted by atomic mass is 79.9. The standard InChI is InChI=1S/C16H14BrNO5S2/c17-13-6-8-24-14(13)15(19)18-11-1-3-12(4-2-11)25(21,22)9-10-5-7-23-16(10)20/h1-4,6,8,10H,5,7,9H2,(H,18,19). The third-order valence-electron chi connectivity index (χ3n) is 3.76. The molecular weight excluding hydrogens is 430 g/mol. The van der Waals surface area contributed by atoms with Crippen LogP contribution < -0.4 is 5.32 Å². The van der Waals surface area contributed by atoms with Crippen molar-refractivity contribution in [1.29, 1.82) is 0 Å². The second-order valence-electron chi connectivity index (χ2n) is 5.51. The first-order valence-electron chi connectivity index (χ1n) is 7.40. The number of nitrogens with one attached hydrogen (secondary N) is 1. The van der Waals surface area contributed by atoms with E-state index in [9.17, 15) is 18.0 Å². The van der Waals surface area contributed by atoms with Crippen LogP contribution in [0.3, 0.4) is 0 Å². The van der Waals surface area contributed by atoms with Gasteiger partial charge in [-0.1, -0.05) is 0 Å². The Morgan fingerprint density at radius 3 is 2.56 bits per heavy atom. The Morgan fingerprint density at radius 2 is 2.00 bits per heavy atom. The zero-order valence-electron chi connectivity index (χ0n) is 12.9. The molecule has 1 unspecified atom stereocenters. The molecule has 1 fully saturated rings. The van der Waals surface area contributed by atoms with Gasteiger partial charge in [-0.3, -0.25) is 9.59 Å². The number of halogens is 1. The van der Waals surface area contributed by atoms with Crippen molar-refractivity contribution < 1.29 is 22.7 Å². The monoisotopic (exact) mass is 443 g/mol. The summed E-state index contributed by atoms with van der Waals surface area (Å²) in [5.74, 6) is -1.61. The third kappa shape index (κ3) is 4.10. The number of esters is 1. The van der Waals surface area contributed by atoms with Gasteiger partial charge in [0.2, 0.25) is 0 Å². The second kappa shape index (κ2) is 7.27. The number of thiophene rings is 1. The Hall–Kier alpha value is -1.71. The number of hydrogen-bond acceptors (Lipinski definition) is 6. The lowest BCUT2D eigenvalue weighted by Gasteiger charge is -2.09. The molecule has 25 heavy (non-hydrogen) atoms. The van der Waals surface area contributed by atoms with Crippen LogP contribution in [0.5, 0.6) is 0 Å². The first kappa shape index (κ1) is 18.1. The molecule has 0 radical (unpaired) electrons. The van der Waals surface area contributed by atoms with Crippen LogP contribution in [0.4, 0.5) is 5.69 Å². The highest BCUT2D eigenvalue weighted by Gasteiger charge is 2.32. The summed E-state index contributed by atoms with van der Waals surface area (Å²) in [7, 11) is -3.59. The number of carbonyl (C=O) groups is 2. The number of amides is 1. The summed E-state index contributed by atoms with van der Waals surface area (Å²) in [6, 6.07) is 7.69. The lowest BCUT2D eigenvalue weighted by atomic mass is 10.1. The van der Waals surface area contributed by atoms with Crippen LogP contribution in [-0.4, -0.2) is 32.7 Å². The number of cyclic esters (lactones) is 1. The minimum Gasteiger partial charge on any atom is -0.465 e. The van der Waals surface area contributed by atoms with Gasteiger partial charge in [0.05, 0.1) is 23.2 Å². The first-order chi connectivity index (χ1) is 11.9. The Labute approximate surface area is 157 Å². The maximum atomic E-state index is 12.4. The zero-order chi connectivity index (χ0) is 18.0. The fraction of sp³-hybridized carbons (Fsp3) is 0.250. The Bertz CT molecular complexity index is 905. The van der Waals surface area contributed by atoms with Crippen molar-refractivity contribution in [2.24, 2.45) is 5.92 Å². The topological polar surface area (TPSA) is 89.5 Å². The number of anilines is 1. The largest absolute Gasteiger partial charge is 0.465 e. The maximum absolute atomic E-state index is 12.4. The fourth-order valence-corrected chi connectivity index (χ4v) is 5.46. The van der Waals surface area contributed by atoms with Crippen LogP contribution in [-0.2, 0) is 19.4 Å². The SMILES string of the molecule is O=C(Nc1ccc(S(=O)(=O)CC2CCOC2=O)cc1)c1sccc1Br. The van der Waals surface area contributed by atoms with E-state index in [1.54, 1.807) is 11.4 Å². The molecule has 3 rings (SSSR count). The molecule has 0 aliphatic carbocycles. The minimum absolute atomic E-state index is 0.113. The van der Waals surface area contributed by atoms with Gasteiger partial charge in [0.25, 0.3) is 5.91 Å². The van der Waals surface area contributed by atoms with E-state index in [1.807, 2.05) is 0 Å². The molecular formula is C16H14BrNO5S2. The molecule has 1 aromatic heterocycles. The number of hydrogen-bond donors (Lipinski definition) is 1. The van der Waals surface area contributed by atoms with Gasteiger partial charge >= 0.3 is 5.97 Å². The molecule has 1 saturated heterocycles. The zero-order valence-corrected chi connectivity index (χ0v) is 16.1. The van der Waals surface area contributed by atoms with Crippen molar-refractivity contribution in [2.75, 3.05) is 17.7 Å². The van der Waals surface area contributed by atoms with E-state index in [0.717, 1.165) is 0 Å². The molecule has 1 aliphatic rings. The molecule has 1 atom stereocenters. The summed E-state index contributed by atoms with van der Waals surface area (Å²) in [6.45, 7) is 0.266. The number of sulfone groups is 1. The van der Waals surface area contributed by atoms with Gasteiger partial charge in [-0.2, -0.15) is 0 Å². The van der Waals surface area contributed by atoms with Crippen LogP contribution in [0, 0.1) is 5.92 Å². The molecule has 2 heterocycles. The van der Waals surface area contributed by atoms with E-state index in [4.69, 9.17) is 4.74 Å².